The summed E-state index contributed by atoms with van der Waals surface area (Å²) in [4.78, 5) is 27.7. The molecule has 4 aromatic rings. The summed E-state index contributed by atoms with van der Waals surface area (Å²) in [6, 6.07) is 19.5. The first-order chi connectivity index (χ1) is 16.1. The lowest BCUT2D eigenvalue weighted by Gasteiger charge is -2.19. The number of nitrogens with one attached hydrogen (secondary N) is 1. The molecule has 0 saturated heterocycles. The predicted octanol–water partition coefficient (Wildman–Crippen LogP) is 4.41. The summed E-state index contributed by atoms with van der Waals surface area (Å²) in [7, 11) is 0. The number of aromatic nitrogens is 2. The zero-order valence-electron chi connectivity index (χ0n) is 18.2. The molecule has 2 aromatic heterocycles. The topological polar surface area (TPSA) is 101 Å². The summed E-state index contributed by atoms with van der Waals surface area (Å²) in [5.74, 6) is 0.801. The van der Waals surface area contributed by atoms with Gasteiger partial charge in [-0.25, -0.2) is 0 Å². The molecule has 8 nitrogen and oxygen atoms in total. The molecule has 0 aliphatic rings. The molecular formula is C25H24N4O4. The van der Waals surface area contributed by atoms with E-state index in [1.54, 1.807) is 48.5 Å². The van der Waals surface area contributed by atoms with Gasteiger partial charge in [-0.2, -0.15) is 0 Å². The summed E-state index contributed by atoms with van der Waals surface area (Å²) in [6.07, 6.45) is 2.38. The van der Waals surface area contributed by atoms with E-state index < -0.39 is 0 Å². The Morgan fingerprint density at radius 1 is 0.970 bits per heavy atom. The molecule has 4 rings (SSSR count). The number of ketones is 1. The number of anilines is 1. The fraction of sp³-hybridized carbons (Fsp3) is 0.200. The Hall–Kier alpha value is -4.04. The summed E-state index contributed by atoms with van der Waals surface area (Å²) in [5, 5.41) is 10.9. The minimum absolute atomic E-state index is 0.111. The molecule has 33 heavy (non-hydrogen) atoms. The number of carbonyl (C=O) groups is 2. The number of furan rings is 1. The van der Waals surface area contributed by atoms with E-state index in [1.807, 2.05) is 30.0 Å². The largest absolute Gasteiger partial charge is 0.459 e. The third kappa shape index (κ3) is 5.61. The Morgan fingerprint density at radius 2 is 1.76 bits per heavy atom. The second kappa shape index (κ2) is 10.5. The van der Waals surface area contributed by atoms with Crippen LogP contribution in [0.4, 0.5) is 5.69 Å². The molecule has 0 unspecified atom stereocenters. The van der Waals surface area contributed by atoms with Crippen LogP contribution in [0.3, 0.4) is 0 Å². The van der Waals surface area contributed by atoms with Crippen LogP contribution in [0, 0.1) is 0 Å². The maximum atomic E-state index is 12.9. The third-order valence-electron chi connectivity index (χ3n) is 4.95. The highest BCUT2D eigenvalue weighted by Crippen LogP contribution is 2.20. The van der Waals surface area contributed by atoms with Gasteiger partial charge in [-0.3, -0.25) is 14.5 Å². The van der Waals surface area contributed by atoms with Crippen molar-refractivity contribution in [2.24, 2.45) is 0 Å². The average molecular weight is 444 g/mol. The van der Waals surface area contributed by atoms with Crippen LogP contribution >= 0.6 is 0 Å². The van der Waals surface area contributed by atoms with Crippen LogP contribution < -0.4 is 5.32 Å². The van der Waals surface area contributed by atoms with E-state index in [0.717, 1.165) is 6.42 Å². The Morgan fingerprint density at radius 3 is 2.52 bits per heavy atom. The number of carbonyl (C=O) groups excluding carboxylic acids is 2. The van der Waals surface area contributed by atoms with E-state index in [4.69, 9.17) is 8.83 Å². The molecule has 0 bridgehead atoms. The van der Waals surface area contributed by atoms with Crippen molar-refractivity contribution in [3.8, 4) is 11.7 Å². The molecule has 1 N–H and O–H groups in total. The molecule has 0 aliphatic carbocycles. The van der Waals surface area contributed by atoms with Gasteiger partial charge in [0.25, 0.3) is 5.89 Å². The first-order valence-corrected chi connectivity index (χ1v) is 10.7. The first-order valence-electron chi connectivity index (χ1n) is 10.7. The second-order valence-corrected chi connectivity index (χ2v) is 7.48. The summed E-state index contributed by atoms with van der Waals surface area (Å²) in [5.41, 5.74) is 1.49. The van der Waals surface area contributed by atoms with Gasteiger partial charge in [0.05, 0.1) is 25.0 Å². The molecule has 0 atom stereocenters. The van der Waals surface area contributed by atoms with Gasteiger partial charge in [0.2, 0.25) is 11.8 Å². The van der Waals surface area contributed by atoms with Gasteiger partial charge >= 0.3 is 0 Å². The SMILES string of the molecule is CCCN(CC(=O)Nc1ccccc1C(=O)c1ccccc1)Cc1nnc(-c2ccco2)o1. The number of amides is 1. The highest BCUT2D eigenvalue weighted by molar-refractivity contribution is 6.13. The van der Waals surface area contributed by atoms with Gasteiger partial charge in [0.1, 0.15) is 0 Å². The number of nitrogens with zero attached hydrogens (tertiary/aromatic N) is 3. The maximum Gasteiger partial charge on any atom is 0.283 e. The quantitative estimate of drug-likeness (QED) is 0.362. The maximum absolute atomic E-state index is 12.9. The van der Waals surface area contributed by atoms with Crippen molar-refractivity contribution in [3.63, 3.8) is 0 Å². The van der Waals surface area contributed by atoms with E-state index in [0.29, 0.717) is 47.4 Å². The zero-order valence-corrected chi connectivity index (χ0v) is 18.2. The van der Waals surface area contributed by atoms with Crippen molar-refractivity contribution in [1.29, 1.82) is 0 Å². The first kappa shape index (κ1) is 22.2. The van der Waals surface area contributed by atoms with Crippen LogP contribution in [0.2, 0.25) is 0 Å². The lowest BCUT2D eigenvalue weighted by molar-refractivity contribution is -0.117. The highest BCUT2D eigenvalue weighted by atomic mass is 16.4. The van der Waals surface area contributed by atoms with Gasteiger partial charge in [0.15, 0.2) is 11.5 Å². The number of hydrogen-bond donors (Lipinski definition) is 1. The predicted molar refractivity (Wildman–Crippen MR) is 123 cm³/mol. The van der Waals surface area contributed by atoms with E-state index in [9.17, 15) is 9.59 Å². The van der Waals surface area contributed by atoms with Crippen LogP contribution in [0.25, 0.3) is 11.7 Å². The van der Waals surface area contributed by atoms with Gasteiger partial charge < -0.3 is 14.2 Å². The molecule has 0 radical (unpaired) electrons. The number of para-hydroxylation sites is 1. The number of rotatable bonds is 10. The minimum atomic E-state index is -0.234. The standard InChI is InChI=1S/C25H24N4O4/c1-2-14-29(17-23-27-28-25(33-23)21-13-8-15-32-21)16-22(30)26-20-12-7-6-11-19(20)24(31)18-9-4-3-5-10-18/h3-13,15H,2,14,16-17H2,1H3,(H,26,30). The normalized spacial score (nSPS) is 11.0. The van der Waals surface area contributed by atoms with E-state index in [1.165, 1.54) is 6.26 Å². The Labute approximate surface area is 191 Å². The third-order valence-corrected chi connectivity index (χ3v) is 4.95. The summed E-state index contributed by atoms with van der Waals surface area (Å²) < 4.78 is 10.9. The van der Waals surface area contributed by atoms with Gasteiger partial charge in [-0.05, 0) is 37.2 Å². The van der Waals surface area contributed by atoms with E-state index in [-0.39, 0.29) is 18.2 Å². The van der Waals surface area contributed by atoms with Crippen LogP contribution in [0.5, 0.6) is 0 Å². The molecule has 0 fully saturated rings. The zero-order chi connectivity index (χ0) is 23.0. The van der Waals surface area contributed by atoms with Crippen LogP contribution in [0.1, 0.15) is 35.2 Å². The van der Waals surface area contributed by atoms with Crippen molar-refractivity contribution in [3.05, 3.63) is 90.0 Å². The molecular weight excluding hydrogens is 420 g/mol. The lowest BCUT2D eigenvalue weighted by atomic mass is 10.0. The highest BCUT2D eigenvalue weighted by Gasteiger charge is 2.19. The van der Waals surface area contributed by atoms with Crippen LogP contribution in [0.15, 0.2) is 81.8 Å². The van der Waals surface area contributed by atoms with Crippen molar-refractivity contribution < 1.29 is 18.4 Å². The van der Waals surface area contributed by atoms with E-state index in [2.05, 4.69) is 15.5 Å². The molecule has 2 heterocycles. The van der Waals surface area contributed by atoms with Crippen molar-refractivity contribution in [2.45, 2.75) is 19.9 Å². The Balaban J connectivity index is 1.43. The second-order valence-electron chi connectivity index (χ2n) is 7.48. The molecule has 0 saturated carbocycles. The summed E-state index contributed by atoms with van der Waals surface area (Å²) in [6.45, 7) is 3.12. The molecule has 0 aliphatic heterocycles. The van der Waals surface area contributed by atoms with Gasteiger partial charge in [-0.15, -0.1) is 10.2 Å². The average Bonchev–Trinajstić information content (AvgIpc) is 3.52. The van der Waals surface area contributed by atoms with E-state index >= 15 is 0 Å². The van der Waals surface area contributed by atoms with Crippen molar-refractivity contribution in [1.82, 2.24) is 15.1 Å². The molecule has 2 aromatic carbocycles. The number of hydrogen-bond acceptors (Lipinski definition) is 7. The minimum Gasteiger partial charge on any atom is -0.459 e. The van der Waals surface area contributed by atoms with Gasteiger partial charge in [0, 0.05) is 11.1 Å². The summed E-state index contributed by atoms with van der Waals surface area (Å²) >= 11 is 0. The van der Waals surface area contributed by atoms with Crippen molar-refractivity contribution in [2.75, 3.05) is 18.4 Å². The Bertz CT molecular complexity index is 1200. The fourth-order valence-electron chi connectivity index (χ4n) is 3.47. The van der Waals surface area contributed by atoms with Crippen LogP contribution in [-0.2, 0) is 11.3 Å². The van der Waals surface area contributed by atoms with Crippen LogP contribution in [-0.4, -0.2) is 39.9 Å². The smallest absolute Gasteiger partial charge is 0.283 e. The Kier molecular flexibility index (Phi) is 7.06. The fourth-order valence-corrected chi connectivity index (χ4v) is 3.47. The van der Waals surface area contributed by atoms with Crippen molar-refractivity contribution >= 4 is 17.4 Å². The lowest BCUT2D eigenvalue weighted by Crippen LogP contribution is -2.34. The monoisotopic (exact) mass is 444 g/mol. The molecule has 168 valence electrons. The molecule has 8 heteroatoms. The molecule has 1 amide bonds. The molecule has 0 spiro atoms. The number of benzene rings is 2. The van der Waals surface area contributed by atoms with Gasteiger partial charge in [-0.1, -0.05) is 49.4 Å².